The van der Waals surface area contributed by atoms with E-state index in [0.29, 0.717) is 22.6 Å². The van der Waals surface area contributed by atoms with E-state index >= 15 is 0 Å². The van der Waals surface area contributed by atoms with E-state index in [1.807, 2.05) is 20.8 Å². The molecule has 0 fully saturated rings. The molecule has 1 aromatic carbocycles. The van der Waals surface area contributed by atoms with Crippen molar-refractivity contribution in [1.29, 1.82) is 0 Å². The first kappa shape index (κ1) is 15.5. The lowest BCUT2D eigenvalue weighted by Crippen LogP contribution is -2.46. The second-order valence-electron chi connectivity index (χ2n) is 5.30. The van der Waals surface area contributed by atoms with Crippen molar-refractivity contribution in [2.75, 3.05) is 0 Å². The normalized spacial score (nSPS) is 12.7. The zero-order valence-electron chi connectivity index (χ0n) is 11.5. The average Bonchev–Trinajstić information content (AvgIpc) is 2.29. The van der Waals surface area contributed by atoms with Gasteiger partial charge in [-0.05, 0) is 45.9 Å². The lowest BCUT2D eigenvalue weighted by atomic mass is 10.1. The Hall–Kier alpha value is -1.55. The molecule has 1 N–H and O–H groups in total. The molecule has 0 radical (unpaired) electrons. The van der Waals surface area contributed by atoms with Gasteiger partial charge >= 0.3 is 0 Å². The van der Waals surface area contributed by atoms with Crippen LogP contribution in [0.5, 0.6) is 5.75 Å². The van der Waals surface area contributed by atoms with Crippen LogP contribution in [0, 0.1) is 0 Å². The standard InChI is InChI=1S/C14H18ClNO3/c1-9(13(18)16-14(2,3)4)19-12-6-5-11(15)7-10(12)8-17/h5-9H,1-4H3,(H,16,18). The van der Waals surface area contributed by atoms with Crippen LogP contribution < -0.4 is 10.1 Å². The summed E-state index contributed by atoms with van der Waals surface area (Å²) >= 11 is 5.79. The first-order chi connectivity index (χ1) is 8.73. The molecule has 0 aromatic heterocycles. The Morgan fingerprint density at radius 1 is 1.42 bits per heavy atom. The summed E-state index contributed by atoms with van der Waals surface area (Å²) < 4.78 is 5.50. The van der Waals surface area contributed by atoms with Crippen LogP contribution in [0.4, 0.5) is 0 Å². The fourth-order valence-electron chi connectivity index (χ4n) is 1.43. The van der Waals surface area contributed by atoms with Gasteiger partial charge in [-0.3, -0.25) is 9.59 Å². The summed E-state index contributed by atoms with van der Waals surface area (Å²) in [6.07, 6.45) is -0.0469. The predicted octanol–water partition coefficient (Wildman–Crippen LogP) is 2.83. The van der Waals surface area contributed by atoms with E-state index in [-0.39, 0.29) is 11.4 Å². The molecule has 0 bridgehead atoms. The van der Waals surface area contributed by atoms with Crippen LogP contribution >= 0.6 is 11.6 Å². The van der Waals surface area contributed by atoms with Gasteiger partial charge in [0, 0.05) is 10.6 Å². The van der Waals surface area contributed by atoms with E-state index < -0.39 is 6.10 Å². The number of carbonyl (C=O) groups is 2. The van der Waals surface area contributed by atoms with Crippen molar-refractivity contribution in [3.8, 4) is 5.75 Å². The zero-order valence-corrected chi connectivity index (χ0v) is 12.2. The fourth-order valence-corrected chi connectivity index (χ4v) is 1.61. The minimum absolute atomic E-state index is 0.237. The Bertz CT molecular complexity index is 480. The Labute approximate surface area is 118 Å². The minimum atomic E-state index is -0.695. The number of halogens is 1. The maximum absolute atomic E-state index is 11.9. The summed E-state index contributed by atoms with van der Waals surface area (Å²) in [5.74, 6) is 0.107. The number of ether oxygens (including phenoxy) is 1. The van der Waals surface area contributed by atoms with Crippen molar-refractivity contribution in [3.05, 3.63) is 28.8 Å². The molecule has 0 saturated carbocycles. The fraction of sp³-hybridized carbons (Fsp3) is 0.429. The average molecular weight is 284 g/mol. The van der Waals surface area contributed by atoms with Crippen molar-refractivity contribution in [2.45, 2.75) is 39.3 Å². The van der Waals surface area contributed by atoms with Crippen molar-refractivity contribution in [1.82, 2.24) is 5.32 Å². The topological polar surface area (TPSA) is 55.4 Å². The molecule has 4 nitrogen and oxygen atoms in total. The second kappa shape index (κ2) is 6.06. The van der Waals surface area contributed by atoms with E-state index in [1.54, 1.807) is 19.1 Å². The van der Waals surface area contributed by atoms with Crippen molar-refractivity contribution >= 4 is 23.8 Å². The Balaban J connectivity index is 2.79. The highest BCUT2D eigenvalue weighted by Crippen LogP contribution is 2.22. The number of benzene rings is 1. The molecule has 1 rings (SSSR count). The largest absolute Gasteiger partial charge is 0.480 e. The third-order valence-electron chi connectivity index (χ3n) is 2.27. The van der Waals surface area contributed by atoms with E-state index in [1.165, 1.54) is 6.07 Å². The van der Waals surface area contributed by atoms with Crippen LogP contribution in [-0.4, -0.2) is 23.8 Å². The van der Waals surface area contributed by atoms with Gasteiger partial charge in [-0.25, -0.2) is 0 Å². The maximum atomic E-state index is 11.9. The number of rotatable bonds is 4. The molecule has 5 heteroatoms. The highest BCUT2D eigenvalue weighted by atomic mass is 35.5. The first-order valence-corrected chi connectivity index (χ1v) is 6.34. The first-order valence-electron chi connectivity index (χ1n) is 5.96. The van der Waals surface area contributed by atoms with Crippen molar-refractivity contribution in [2.24, 2.45) is 0 Å². The summed E-state index contributed by atoms with van der Waals surface area (Å²) in [4.78, 5) is 22.8. The van der Waals surface area contributed by atoms with Gasteiger partial charge in [-0.1, -0.05) is 11.6 Å². The summed E-state index contributed by atoms with van der Waals surface area (Å²) in [7, 11) is 0. The van der Waals surface area contributed by atoms with E-state index in [9.17, 15) is 9.59 Å². The third kappa shape index (κ3) is 4.91. The summed E-state index contributed by atoms with van der Waals surface area (Å²) in [6, 6.07) is 4.68. The van der Waals surface area contributed by atoms with Crippen LogP contribution in [-0.2, 0) is 4.79 Å². The molecule has 1 unspecified atom stereocenters. The second-order valence-corrected chi connectivity index (χ2v) is 5.74. The molecule has 104 valence electrons. The monoisotopic (exact) mass is 283 g/mol. The summed E-state index contributed by atoms with van der Waals surface area (Å²) in [6.45, 7) is 7.29. The predicted molar refractivity (Wildman–Crippen MR) is 74.8 cm³/mol. The molecule has 0 spiro atoms. The number of aldehydes is 1. The van der Waals surface area contributed by atoms with Crippen LogP contribution in [0.15, 0.2) is 18.2 Å². The Morgan fingerprint density at radius 2 is 2.05 bits per heavy atom. The minimum Gasteiger partial charge on any atom is -0.480 e. The lowest BCUT2D eigenvalue weighted by molar-refractivity contribution is -0.128. The number of carbonyl (C=O) groups excluding carboxylic acids is 2. The van der Waals surface area contributed by atoms with Gasteiger partial charge in [-0.15, -0.1) is 0 Å². The molecule has 0 aliphatic carbocycles. The SMILES string of the molecule is CC(Oc1ccc(Cl)cc1C=O)C(=O)NC(C)(C)C. The summed E-state index contributed by atoms with van der Waals surface area (Å²) in [5, 5.41) is 3.26. The molecular weight excluding hydrogens is 266 g/mol. The van der Waals surface area contributed by atoms with Crippen molar-refractivity contribution < 1.29 is 14.3 Å². The molecule has 0 aliphatic rings. The molecule has 1 atom stereocenters. The van der Waals surface area contributed by atoms with Gasteiger partial charge in [-0.2, -0.15) is 0 Å². The van der Waals surface area contributed by atoms with E-state index in [0.717, 1.165) is 0 Å². The highest BCUT2D eigenvalue weighted by Gasteiger charge is 2.21. The highest BCUT2D eigenvalue weighted by molar-refractivity contribution is 6.30. The third-order valence-corrected chi connectivity index (χ3v) is 2.51. The van der Waals surface area contributed by atoms with E-state index in [2.05, 4.69) is 5.32 Å². The van der Waals surface area contributed by atoms with Gasteiger partial charge in [0.1, 0.15) is 5.75 Å². The Morgan fingerprint density at radius 3 is 2.58 bits per heavy atom. The van der Waals surface area contributed by atoms with Crippen molar-refractivity contribution in [3.63, 3.8) is 0 Å². The molecule has 1 amide bonds. The van der Waals surface area contributed by atoms with Gasteiger partial charge in [0.15, 0.2) is 12.4 Å². The van der Waals surface area contributed by atoms with Gasteiger partial charge in [0.05, 0.1) is 5.56 Å². The van der Waals surface area contributed by atoms with Crippen LogP contribution in [0.3, 0.4) is 0 Å². The molecule has 19 heavy (non-hydrogen) atoms. The molecule has 1 aromatic rings. The molecule has 0 heterocycles. The Kier molecular flexibility index (Phi) is 4.95. The van der Waals surface area contributed by atoms with Gasteiger partial charge < -0.3 is 10.1 Å². The van der Waals surface area contributed by atoms with Gasteiger partial charge in [0.25, 0.3) is 5.91 Å². The lowest BCUT2D eigenvalue weighted by Gasteiger charge is -2.24. The molecule has 0 aliphatic heterocycles. The van der Waals surface area contributed by atoms with Crippen LogP contribution in [0.25, 0.3) is 0 Å². The van der Waals surface area contributed by atoms with Crippen LogP contribution in [0.1, 0.15) is 38.1 Å². The molecular formula is C14H18ClNO3. The smallest absolute Gasteiger partial charge is 0.261 e. The van der Waals surface area contributed by atoms with E-state index in [4.69, 9.17) is 16.3 Å². The van der Waals surface area contributed by atoms with Crippen LogP contribution in [0.2, 0.25) is 5.02 Å². The number of nitrogens with one attached hydrogen (secondary N) is 1. The number of hydrogen-bond acceptors (Lipinski definition) is 3. The number of hydrogen-bond donors (Lipinski definition) is 1. The summed E-state index contributed by atoms with van der Waals surface area (Å²) in [5.41, 5.74) is -0.00902. The molecule has 0 saturated heterocycles. The number of amides is 1. The zero-order chi connectivity index (χ0) is 14.6. The maximum Gasteiger partial charge on any atom is 0.261 e. The van der Waals surface area contributed by atoms with Gasteiger partial charge in [0.2, 0.25) is 0 Å². The quantitative estimate of drug-likeness (QED) is 0.865.